The van der Waals surface area contributed by atoms with Gasteiger partial charge in [-0.1, -0.05) is 24.3 Å². The van der Waals surface area contributed by atoms with Crippen molar-refractivity contribution in [3.8, 4) is 23.0 Å². The van der Waals surface area contributed by atoms with Crippen LogP contribution < -0.4 is 28.4 Å². The molecule has 0 atom stereocenters. The number of carbonyl (C=O) groups is 3. The number of benzene rings is 4. The third-order valence-corrected chi connectivity index (χ3v) is 8.18. The first-order valence-electron chi connectivity index (χ1n) is 15.5. The van der Waals surface area contributed by atoms with Gasteiger partial charge in [-0.2, -0.15) is 18.9 Å². The fourth-order valence-electron chi connectivity index (χ4n) is 5.00. The molecular weight excluding hydrogens is 798 g/mol. The van der Waals surface area contributed by atoms with Crippen LogP contribution in [0.4, 0.5) is 0 Å². The summed E-state index contributed by atoms with van der Waals surface area (Å²) in [4.78, 5) is 32.4. The van der Waals surface area contributed by atoms with E-state index in [0.717, 1.165) is 13.2 Å². The average Bonchev–Trinajstić information content (AvgIpc) is 3.77. The molecule has 0 saturated carbocycles. The molecule has 2 N–H and O–H groups in total. The number of rotatable bonds is 5. The van der Waals surface area contributed by atoms with Crippen LogP contribution in [-0.4, -0.2) is 58.2 Å². The van der Waals surface area contributed by atoms with Gasteiger partial charge in [-0.15, -0.1) is 34.8 Å². The van der Waals surface area contributed by atoms with Gasteiger partial charge in [0.05, 0.1) is 5.88 Å². The molecule has 7 rings (SSSR count). The number of hydrogen-bond acceptors (Lipinski definition) is 12. The minimum atomic E-state index is -0.776. The smallest absolute Gasteiger partial charge is 0.333 e. The highest BCUT2D eigenvalue weighted by Gasteiger charge is 2.29. The molecule has 1 aliphatic rings. The van der Waals surface area contributed by atoms with E-state index in [1.54, 1.807) is 0 Å². The van der Waals surface area contributed by atoms with Gasteiger partial charge in [0.1, 0.15) is 11.8 Å². The minimum absolute atomic E-state index is 0.000926. The largest absolute Gasteiger partial charge is 0.617 e. The molecule has 0 unspecified atom stereocenters. The summed E-state index contributed by atoms with van der Waals surface area (Å²) in [6.45, 7) is 2.00. The van der Waals surface area contributed by atoms with Crippen molar-refractivity contribution in [2.45, 2.75) is 12.8 Å². The lowest BCUT2D eigenvalue weighted by Crippen LogP contribution is -2.40. The number of para-hydroxylation sites is 4. The zero-order valence-electron chi connectivity index (χ0n) is 27.7. The maximum atomic E-state index is 12.8. The topological polar surface area (TPSA) is 227 Å². The van der Waals surface area contributed by atoms with E-state index in [1.165, 1.54) is 85.6 Å². The molecule has 1 saturated heterocycles. The highest BCUT2D eigenvalue weighted by molar-refractivity contribution is 6.67. The predicted molar refractivity (Wildman–Crippen MR) is 196 cm³/mol. The third-order valence-electron chi connectivity index (χ3n) is 7.23. The maximum absolute atomic E-state index is 12.8. The van der Waals surface area contributed by atoms with Crippen LogP contribution in [0.2, 0.25) is 0 Å². The molecular formula is C34H28Cl4N4O12. The number of carbonyl (C=O) groups excluding carboxylic acids is 3. The Morgan fingerprint density at radius 3 is 1.19 bits per heavy atom. The van der Waals surface area contributed by atoms with Crippen LogP contribution in [-0.2, 0) is 19.1 Å². The van der Waals surface area contributed by atoms with Crippen LogP contribution in [0.15, 0.2) is 72.8 Å². The standard InChI is InChI=1S/C16H10Cl2N2O6.C12H8N2O4.C4H8O.C2H2Cl2O/c17-7-13(21)25-11-5-1-3-9-15(11)20(24)10-4-2-6-12(16(10)19(9)23)26-14(22)8-18;15-9-5-1-3-7-11(9)14(18)8-4-2-6-10(16)12(8)13(7)17;1-2-4-5-3-1;3-1-2(4)5/h1-6H,7-8H2;1-6,15-16H;1-4H2;1H2. The first-order chi connectivity index (χ1) is 25.9. The summed E-state index contributed by atoms with van der Waals surface area (Å²) < 4.78 is 16.7. The van der Waals surface area contributed by atoms with Crippen molar-refractivity contribution in [3.05, 3.63) is 93.6 Å². The maximum Gasteiger partial charge on any atom is 0.333 e. The quantitative estimate of drug-likeness (QED) is 0.0478. The van der Waals surface area contributed by atoms with Crippen molar-refractivity contribution >= 4 is 108 Å². The van der Waals surface area contributed by atoms with Crippen molar-refractivity contribution in [1.82, 2.24) is 0 Å². The second-order valence-electron chi connectivity index (χ2n) is 10.7. The number of aromatic hydroxyl groups is 2. The van der Waals surface area contributed by atoms with E-state index in [1.807, 2.05) is 0 Å². The molecule has 1 fully saturated rings. The van der Waals surface area contributed by atoms with Crippen molar-refractivity contribution < 1.29 is 57.7 Å². The van der Waals surface area contributed by atoms with Gasteiger partial charge < -0.3 is 45.3 Å². The van der Waals surface area contributed by atoms with E-state index >= 15 is 0 Å². The van der Waals surface area contributed by atoms with Crippen molar-refractivity contribution in [1.29, 1.82) is 0 Å². The number of phenols is 2. The Balaban J connectivity index is 0.000000198. The number of esters is 2. The summed E-state index contributed by atoms with van der Waals surface area (Å²) in [5, 5.41) is 68.7. The summed E-state index contributed by atoms with van der Waals surface area (Å²) in [5.74, 6) is -3.27. The molecule has 1 aliphatic heterocycles. The van der Waals surface area contributed by atoms with Crippen LogP contribution in [0, 0.1) is 20.8 Å². The Kier molecular flexibility index (Phi) is 14.6. The number of hydrogen-bond donors (Lipinski definition) is 2. The molecule has 20 heteroatoms. The zero-order valence-corrected chi connectivity index (χ0v) is 30.7. The molecule has 3 heterocycles. The van der Waals surface area contributed by atoms with Crippen molar-refractivity contribution in [2.24, 2.45) is 0 Å². The lowest BCUT2D eigenvalue weighted by atomic mass is 10.2. The fraction of sp³-hybridized carbons (Fsp3) is 0.206. The summed E-state index contributed by atoms with van der Waals surface area (Å²) in [5.41, 5.74) is -0.721. The Morgan fingerprint density at radius 2 is 0.889 bits per heavy atom. The molecule has 0 amide bonds. The van der Waals surface area contributed by atoms with Crippen molar-refractivity contribution in [3.63, 3.8) is 0 Å². The number of phenolic OH excluding ortho intramolecular Hbond substituents is 2. The lowest BCUT2D eigenvalue weighted by molar-refractivity contribution is -0.591. The molecule has 0 spiro atoms. The molecule has 6 aromatic rings. The van der Waals surface area contributed by atoms with E-state index in [-0.39, 0.29) is 73.0 Å². The monoisotopic (exact) mass is 824 g/mol. The van der Waals surface area contributed by atoms with Gasteiger partial charge in [0.25, 0.3) is 22.1 Å². The minimum Gasteiger partial charge on any atom is -0.617 e. The number of ether oxygens (including phenoxy) is 3. The SMILES string of the molecule is C1CCOC1.O=C(CCl)Oc1cccc2c1[n+]([O-])c1cccc(OC(=O)CCl)c1[n+]2[O-].O=C(Cl)CCl.[O-][n+]1c2cccc(O)c2[n+]([O-])c2cccc(O)c21. The van der Waals surface area contributed by atoms with E-state index in [0.29, 0.717) is 18.9 Å². The summed E-state index contributed by atoms with van der Waals surface area (Å²) >= 11 is 20.4. The molecule has 284 valence electrons. The highest BCUT2D eigenvalue weighted by atomic mass is 35.5. The molecule has 2 aromatic heterocycles. The van der Waals surface area contributed by atoms with Gasteiger partial charge in [-0.25, -0.2) is 0 Å². The fourth-order valence-corrected chi connectivity index (χ4v) is 5.11. The van der Waals surface area contributed by atoms with Gasteiger partial charge in [-0.3, -0.25) is 14.4 Å². The Bertz CT molecular complexity index is 2190. The summed E-state index contributed by atoms with van der Waals surface area (Å²) in [6, 6.07) is 16.7. The Labute approximate surface area is 324 Å². The lowest BCUT2D eigenvalue weighted by Gasteiger charge is -2.11. The van der Waals surface area contributed by atoms with Crippen LogP contribution in [0.25, 0.3) is 44.1 Å². The highest BCUT2D eigenvalue weighted by Crippen LogP contribution is 2.27. The zero-order chi connectivity index (χ0) is 39.5. The number of nitrogens with zero attached hydrogens (tertiary/aromatic N) is 4. The Hall–Kier alpha value is -5.39. The van der Waals surface area contributed by atoms with Crippen LogP contribution in [0.5, 0.6) is 23.0 Å². The van der Waals surface area contributed by atoms with Gasteiger partial charge in [-0.05, 0) is 48.7 Å². The molecule has 0 aliphatic carbocycles. The van der Waals surface area contributed by atoms with E-state index in [2.05, 4.69) is 0 Å². The second kappa shape index (κ2) is 19.1. The normalized spacial score (nSPS) is 11.9. The van der Waals surface area contributed by atoms with E-state index in [9.17, 15) is 45.4 Å². The third kappa shape index (κ3) is 9.39. The van der Waals surface area contributed by atoms with E-state index in [4.69, 9.17) is 60.6 Å². The number of fused-ring (bicyclic) bond motifs is 4. The molecule has 54 heavy (non-hydrogen) atoms. The number of aromatic nitrogens is 4. The first kappa shape index (κ1) is 41.4. The van der Waals surface area contributed by atoms with Gasteiger partial charge in [0.15, 0.2) is 11.5 Å². The predicted octanol–water partition coefficient (Wildman–Crippen LogP) is 4.01. The van der Waals surface area contributed by atoms with E-state index < -0.39 is 28.9 Å². The van der Waals surface area contributed by atoms with Gasteiger partial charge >= 0.3 is 34.0 Å². The second-order valence-corrected chi connectivity index (χ2v) is 12.0. The molecule has 0 radical (unpaired) electrons. The van der Waals surface area contributed by atoms with Crippen LogP contribution in [0.1, 0.15) is 12.8 Å². The molecule has 4 aromatic carbocycles. The first-order valence-corrected chi connectivity index (χ1v) is 17.5. The van der Waals surface area contributed by atoms with Crippen molar-refractivity contribution in [2.75, 3.05) is 30.9 Å². The molecule has 16 nitrogen and oxygen atoms in total. The molecule has 0 bridgehead atoms. The summed E-state index contributed by atoms with van der Waals surface area (Å²) in [6.07, 6.45) is 2.56. The van der Waals surface area contributed by atoms with Crippen LogP contribution in [0.3, 0.4) is 0 Å². The van der Waals surface area contributed by atoms with Crippen LogP contribution >= 0.6 is 46.4 Å². The Morgan fingerprint density at radius 1 is 0.574 bits per heavy atom. The van der Waals surface area contributed by atoms with Gasteiger partial charge in [0.2, 0.25) is 16.7 Å². The number of alkyl halides is 3. The average molecular weight is 826 g/mol. The number of halogens is 4. The summed E-state index contributed by atoms with van der Waals surface area (Å²) in [7, 11) is 0. The van der Waals surface area contributed by atoms with Gasteiger partial charge in [0, 0.05) is 37.5 Å².